The molecule has 0 amide bonds. The molecule has 5 rings (SSSR count). The van der Waals surface area contributed by atoms with E-state index in [0.717, 1.165) is 22.3 Å². The van der Waals surface area contributed by atoms with Crippen LogP contribution in [0, 0.1) is 19.7 Å². The topological polar surface area (TPSA) is 40.6 Å². The van der Waals surface area contributed by atoms with Crippen molar-refractivity contribution in [2.45, 2.75) is 25.9 Å². The molecular formula is C28H27FN2O2. The summed E-state index contributed by atoms with van der Waals surface area (Å²) in [4.78, 5) is 32.2. The highest BCUT2D eigenvalue weighted by Gasteiger charge is 2.58. The lowest BCUT2D eigenvalue weighted by molar-refractivity contribution is 0.0278. The van der Waals surface area contributed by atoms with Crippen LogP contribution in [-0.4, -0.2) is 47.5 Å². The summed E-state index contributed by atoms with van der Waals surface area (Å²) in [6.07, 6.45) is 0. The van der Waals surface area contributed by atoms with E-state index in [0.29, 0.717) is 43.9 Å². The largest absolute Gasteiger partial charge is 0.297 e. The van der Waals surface area contributed by atoms with Gasteiger partial charge in [-0.3, -0.25) is 19.4 Å². The van der Waals surface area contributed by atoms with Crippen molar-refractivity contribution < 1.29 is 14.0 Å². The van der Waals surface area contributed by atoms with Crippen LogP contribution in [0.3, 0.4) is 0 Å². The van der Waals surface area contributed by atoms with E-state index in [1.165, 1.54) is 6.07 Å². The van der Waals surface area contributed by atoms with Crippen LogP contribution in [0.5, 0.6) is 0 Å². The van der Waals surface area contributed by atoms with Gasteiger partial charge >= 0.3 is 0 Å². The lowest BCUT2D eigenvalue weighted by Gasteiger charge is -2.44. The maximum absolute atomic E-state index is 14.0. The molecule has 1 fully saturated rings. The van der Waals surface area contributed by atoms with Gasteiger partial charge in [-0.25, -0.2) is 4.39 Å². The summed E-state index contributed by atoms with van der Waals surface area (Å²) in [6.45, 7) is 7.08. The van der Waals surface area contributed by atoms with Crippen LogP contribution in [0.4, 0.5) is 4.39 Å². The van der Waals surface area contributed by atoms with Crippen molar-refractivity contribution >= 4 is 11.6 Å². The molecule has 1 saturated heterocycles. The normalized spacial score (nSPS) is 21.4. The van der Waals surface area contributed by atoms with E-state index in [2.05, 4.69) is 9.80 Å². The average Bonchev–Trinajstić information content (AvgIpc) is 3.06. The highest BCUT2D eigenvalue weighted by atomic mass is 19.1. The Kier molecular flexibility index (Phi) is 5.47. The number of carbonyl (C=O) groups excluding carboxylic acids is 2. The van der Waals surface area contributed by atoms with E-state index in [9.17, 15) is 14.0 Å². The fourth-order valence-corrected chi connectivity index (χ4v) is 5.34. The lowest BCUT2D eigenvalue weighted by Crippen LogP contribution is -2.60. The van der Waals surface area contributed by atoms with Gasteiger partial charge in [0.05, 0.1) is 0 Å². The van der Waals surface area contributed by atoms with Gasteiger partial charge in [0.1, 0.15) is 5.82 Å². The number of hydrogen-bond acceptors (Lipinski definition) is 4. The predicted octanol–water partition coefficient (Wildman–Crippen LogP) is 4.53. The Labute approximate surface area is 193 Å². The molecule has 0 aromatic heterocycles. The third-order valence-corrected chi connectivity index (χ3v) is 7.15. The summed E-state index contributed by atoms with van der Waals surface area (Å²) in [5, 5.41) is 0. The van der Waals surface area contributed by atoms with Gasteiger partial charge < -0.3 is 0 Å². The van der Waals surface area contributed by atoms with E-state index >= 15 is 0 Å². The molecule has 3 aromatic carbocycles. The monoisotopic (exact) mass is 442 g/mol. The first-order valence-electron chi connectivity index (χ1n) is 11.4. The molecule has 0 radical (unpaired) electrons. The van der Waals surface area contributed by atoms with Gasteiger partial charge in [0.15, 0.2) is 17.1 Å². The maximum Gasteiger partial charge on any atom is 0.196 e. The molecule has 0 spiro atoms. The van der Waals surface area contributed by atoms with Crippen LogP contribution < -0.4 is 0 Å². The van der Waals surface area contributed by atoms with E-state index in [1.807, 2.05) is 56.3 Å². The smallest absolute Gasteiger partial charge is 0.196 e. The summed E-state index contributed by atoms with van der Waals surface area (Å²) >= 11 is 0. The molecule has 168 valence electrons. The summed E-state index contributed by atoms with van der Waals surface area (Å²) in [6, 6.07) is 19.8. The van der Waals surface area contributed by atoms with Crippen molar-refractivity contribution in [2.24, 2.45) is 0 Å². The highest BCUT2D eigenvalue weighted by molar-refractivity contribution is 6.33. The first kappa shape index (κ1) is 21.7. The molecule has 0 saturated carbocycles. The van der Waals surface area contributed by atoms with Crippen LogP contribution >= 0.6 is 0 Å². The zero-order valence-electron chi connectivity index (χ0n) is 19.0. The Bertz CT molecular complexity index is 1230. The van der Waals surface area contributed by atoms with Crippen molar-refractivity contribution in [3.8, 4) is 0 Å². The Morgan fingerprint density at radius 1 is 0.818 bits per heavy atom. The van der Waals surface area contributed by atoms with Crippen molar-refractivity contribution in [3.05, 3.63) is 106 Å². The second-order valence-electron chi connectivity index (χ2n) is 9.07. The number of halogens is 1. The Morgan fingerprint density at radius 3 is 2.24 bits per heavy atom. The Balaban J connectivity index is 1.47. The van der Waals surface area contributed by atoms with Gasteiger partial charge in [-0.05, 0) is 48.2 Å². The van der Waals surface area contributed by atoms with E-state index < -0.39 is 5.54 Å². The fourth-order valence-electron chi connectivity index (χ4n) is 5.34. The maximum atomic E-state index is 14.0. The number of nitrogens with zero attached hydrogens (tertiary/aromatic N) is 2. The molecule has 2 aliphatic rings. The van der Waals surface area contributed by atoms with E-state index in [4.69, 9.17) is 0 Å². The number of piperazine rings is 1. The summed E-state index contributed by atoms with van der Waals surface area (Å²) < 4.78 is 13.8. The number of carbonyl (C=O) groups is 2. The number of hydrogen-bond donors (Lipinski definition) is 0. The van der Waals surface area contributed by atoms with E-state index in [-0.39, 0.29) is 17.4 Å². The van der Waals surface area contributed by atoms with Crippen molar-refractivity contribution in [1.29, 1.82) is 0 Å². The number of Topliss-reactive ketones (excluding diaryl/α,β-unsaturated/α-hetero) is 2. The van der Waals surface area contributed by atoms with Crippen molar-refractivity contribution in [2.75, 3.05) is 26.2 Å². The SMILES string of the molecule is Cc1ccc(F)cc1CN1CCN(C2(c3ccccc3)C(=O)c3cccc(C)c3C2=O)CC1. The highest BCUT2D eigenvalue weighted by Crippen LogP contribution is 2.44. The number of benzene rings is 3. The third kappa shape index (κ3) is 3.43. The molecular weight excluding hydrogens is 415 g/mol. The first-order valence-corrected chi connectivity index (χ1v) is 11.4. The molecule has 3 aromatic rings. The molecule has 4 nitrogen and oxygen atoms in total. The zero-order valence-corrected chi connectivity index (χ0v) is 19.0. The summed E-state index contributed by atoms with van der Waals surface area (Å²) in [7, 11) is 0. The van der Waals surface area contributed by atoms with Gasteiger partial charge in [-0.2, -0.15) is 0 Å². The third-order valence-electron chi connectivity index (χ3n) is 7.15. The number of rotatable bonds is 4. The van der Waals surface area contributed by atoms with Gasteiger partial charge in [-0.1, -0.05) is 54.6 Å². The van der Waals surface area contributed by atoms with Crippen LogP contribution in [0.2, 0.25) is 0 Å². The molecule has 1 atom stereocenters. The van der Waals surface area contributed by atoms with Crippen LogP contribution in [0.15, 0.2) is 66.7 Å². The fraction of sp³-hybridized carbons (Fsp3) is 0.286. The Morgan fingerprint density at radius 2 is 1.55 bits per heavy atom. The average molecular weight is 443 g/mol. The number of ketones is 2. The molecule has 1 unspecified atom stereocenters. The molecule has 0 N–H and O–H groups in total. The minimum Gasteiger partial charge on any atom is -0.297 e. The molecule has 0 bridgehead atoms. The molecule has 1 heterocycles. The first-order chi connectivity index (χ1) is 15.9. The summed E-state index contributed by atoms with van der Waals surface area (Å²) in [5.74, 6) is -0.486. The van der Waals surface area contributed by atoms with Crippen LogP contribution in [-0.2, 0) is 12.1 Å². The van der Waals surface area contributed by atoms with Crippen molar-refractivity contribution in [1.82, 2.24) is 9.80 Å². The van der Waals surface area contributed by atoms with Gasteiger partial charge in [0, 0.05) is 43.9 Å². The minimum atomic E-state index is -1.32. The van der Waals surface area contributed by atoms with Crippen LogP contribution in [0.25, 0.3) is 0 Å². The molecule has 1 aliphatic carbocycles. The van der Waals surface area contributed by atoms with Gasteiger partial charge in [-0.15, -0.1) is 0 Å². The standard InChI is InChI=1S/C28H27FN2O2/c1-19-11-12-23(29)17-21(19)18-30-13-15-31(16-14-30)28(22-8-4-3-5-9-22)26(32)24-10-6-7-20(2)25(24)27(28)33/h3-12,17H,13-16,18H2,1-2H3. The summed E-state index contributed by atoms with van der Waals surface area (Å²) in [5.41, 5.74) is 3.33. The lowest BCUT2D eigenvalue weighted by atomic mass is 9.82. The molecule has 5 heteroatoms. The minimum absolute atomic E-state index is 0.124. The second kappa shape index (κ2) is 8.32. The second-order valence-corrected chi connectivity index (χ2v) is 9.07. The van der Waals surface area contributed by atoms with Crippen molar-refractivity contribution in [3.63, 3.8) is 0 Å². The number of aryl methyl sites for hydroxylation is 2. The predicted molar refractivity (Wildman–Crippen MR) is 126 cm³/mol. The number of fused-ring (bicyclic) bond motifs is 1. The van der Waals surface area contributed by atoms with Crippen LogP contribution in [0.1, 0.15) is 43.0 Å². The van der Waals surface area contributed by atoms with Gasteiger partial charge in [0.25, 0.3) is 0 Å². The zero-order chi connectivity index (χ0) is 23.2. The van der Waals surface area contributed by atoms with E-state index in [1.54, 1.807) is 18.2 Å². The molecule has 33 heavy (non-hydrogen) atoms. The molecule has 1 aliphatic heterocycles. The Hall–Kier alpha value is -3.15. The quantitative estimate of drug-likeness (QED) is 0.557. The van der Waals surface area contributed by atoms with Gasteiger partial charge in [0.2, 0.25) is 0 Å².